The first-order chi connectivity index (χ1) is 7.74. The molecule has 16 heavy (non-hydrogen) atoms. The Hall–Kier alpha value is -1.75. The average molecular weight is 222 g/mol. The fourth-order valence-electron chi connectivity index (χ4n) is 1.61. The van der Waals surface area contributed by atoms with Crippen molar-refractivity contribution in [1.29, 1.82) is 0 Å². The molecule has 5 heteroatoms. The van der Waals surface area contributed by atoms with Crippen LogP contribution in [0, 0.1) is 0 Å². The molecule has 0 saturated carbocycles. The van der Waals surface area contributed by atoms with Crippen LogP contribution in [0.15, 0.2) is 18.2 Å². The van der Waals surface area contributed by atoms with E-state index < -0.39 is 6.10 Å². The summed E-state index contributed by atoms with van der Waals surface area (Å²) in [4.78, 5) is 11.6. The van der Waals surface area contributed by atoms with Gasteiger partial charge in [-0.3, -0.25) is 4.79 Å². The van der Waals surface area contributed by atoms with Crippen molar-refractivity contribution in [2.24, 2.45) is 0 Å². The van der Waals surface area contributed by atoms with E-state index in [2.05, 4.69) is 10.6 Å². The summed E-state index contributed by atoms with van der Waals surface area (Å²) in [5.74, 6) is 0.423. The van der Waals surface area contributed by atoms with Crippen molar-refractivity contribution in [2.45, 2.75) is 12.5 Å². The number of carbonyl (C=O) groups is 1. The molecule has 1 unspecified atom stereocenters. The summed E-state index contributed by atoms with van der Waals surface area (Å²) >= 11 is 0. The van der Waals surface area contributed by atoms with Crippen LogP contribution in [-0.4, -0.2) is 30.8 Å². The van der Waals surface area contributed by atoms with E-state index >= 15 is 0 Å². The summed E-state index contributed by atoms with van der Waals surface area (Å²) in [5.41, 5.74) is 1.56. The van der Waals surface area contributed by atoms with E-state index in [0.29, 0.717) is 17.9 Å². The van der Waals surface area contributed by atoms with Crippen molar-refractivity contribution in [3.8, 4) is 5.75 Å². The third kappa shape index (κ3) is 1.94. The molecule has 2 rings (SSSR count). The van der Waals surface area contributed by atoms with Gasteiger partial charge < -0.3 is 20.5 Å². The molecule has 5 nitrogen and oxygen atoms in total. The molecule has 1 atom stereocenters. The highest BCUT2D eigenvalue weighted by atomic mass is 16.5. The number of aliphatic hydroxyl groups excluding tert-OH is 1. The van der Waals surface area contributed by atoms with E-state index in [0.717, 1.165) is 5.69 Å². The fraction of sp³-hybridized carbons (Fsp3) is 0.364. The minimum absolute atomic E-state index is 0.0674. The van der Waals surface area contributed by atoms with Crippen molar-refractivity contribution in [3.05, 3.63) is 18.2 Å². The van der Waals surface area contributed by atoms with Crippen LogP contribution in [0.4, 0.5) is 11.4 Å². The molecule has 0 aliphatic carbocycles. The molecule has 0 aromatic heterocycles. The molecule has 0 saturated heterocycles. The molecule has 0 spiro atoms. The lowest BCUT2D eigenvalue weighted by Gasteiger charge is -2.25. The topological polar surface area (TPSA) is 70.6 Å². The second-order valence-corrected chi connectivity index (χ2v) is 3.57. The third-order valence-electron chi connectivity index (χ3n) is 2.48. The Labute approximate surface area is 93.4 Å². The van der Waals surface area contributed by atoms with Crippen molar-refractivity contribution in [1.82, 2.24) is 0 Å². The predicted octanol–water partition coefficient (Wildman–Crippen LogP) is 0.810. The van der Waals surface area contributed by atoms with Crippen molar-refractivity contribution < 1.29 is 14.6 Å². The summed E-state index contributed by atoms with van der Waals surface area (Å²) in [5, 5.41) is 14.5. The Balaban J connectivity index is 2.24. The molecule has 1 aliphatic heterocycles. The number of aliphatic hydroxyl groups is 1. The molecule has 1 aromatic rings. The van der Waals surface area contributed by atoms with Gasteiger partial charge in [-0.1, -0.05) is 0 Å². The van der Waals surface area contributed by atoms with Gasteiger partial charge in [0.2, 0.25) is 0 Å². The predicted molar refractivity (Wildman–Crippen MR) is 60.7 cm³/mol. The Kier molecular flexibility index (Phi) is 2.96. The van der Waals surface area contributed by atoms with Gasteiger partial charge in [0.25, 0.3) is 5.91 Å². The highest BCUT2D eigenvalue weighted by Crippen LogP contribution is 2.32. The molecular weight excluding hydrogens is 208 g/mol. The number of ether oxygens (including phenoxy) is 1. The zero-order valence-electron chi connectivity index (χ0n) is 8.99. The quantitative estimate of drug-likeness (QED) is 0.707. The molecule has 1 heterocycles. The van der Waals surface area contributed by atoms with Crippen LogP contribution in [-0.2, 0) is 4.79 Å². The lowest BCUT2D eigenvalue weighted by Crippen LogP contribution is -2.37. The molecule has 0 radical (unpaired) electrons. The van der Waals surface area contributed by atoms with E-state index in [1.165, 1.54) is 0 Å². The van der Waals surface area contributed by atoms with Gasteiger partial charge in [-0.25, -0.2) is 0 Å². The number of nitrogens with one attached hydrogen (secondary N) is 2. The molecule has 0 fully saturated rings. The second kappa shape index (κ2) is 4.40. The summed E-state index contributed by atoms with van der Waals surface area (Å²) in [6.45, 7) is -0.0674. The van der Waals surface area contributed by atoms with E-state index in [1.807, 2.05) is 19.2 Å². The zero-order chi connectivity index (χ0) is 11.5. The number of anilines is 2. The maximum atomic E-state index is 11.6. The molecule has 3 N–H and O–H groups in total. The van der Waals surface area contributed by atoms with Crippen LogP contribution in [0.25, 0.3) is 0 Å². The number of fused-ring (bicyclic) bond motifs is 1. The first kappa shape index (κ1) is 10.8. The lowest BCUT2D eigenvalue weighted by atomic mass is 10.1. The third-order valence-corrected chi connectivity index (χ3v) is 2.48. The highest BCUT2D eigenvalue weighted by molar-refractivity contribution is 5.98. The zero-order valence-corrected chi connectivity index (χ0v) is 8.99. The van der Waals surface area contributed by atoms with Crippen molar-refractivity contribution >= 4 is 17.3 Å². The Morgan fingerprint density at radius 1 is 1.56 bits per heavy atom. The number of hydrogen-bond acceptors (Lipinski definition) is 4. The van der Waals surface area contributed by atoms with E-state index in [4.69, 9.17) is 9.84 Å². The Bertz CT molecular complexity index is 406. The van der Waals surface area contributed by atoms with E-state index in [-0.39, 0.29) is 12.5 Å². The van der Waals surface area contributed by atoms with Crippen molar-refractivity contribution in [3.63, 3.8) is 0 Å². The smallest absolute Gasteiger partial charge is 0.265 e. The number of carbonyl (C=O) groups excluding carboxylic acids is 1. The molecular formula is C11H14N2O3. The lowest BCUT2D eigenvalue weighted by molar-refractivity contribution is -0.124. The maximum absolute atomic E-state index is 11.6. The molecule has 1 aromatic carbocycles. The standard InChI is InChI=1S/C11H14N2O3/c1-12-7-2-3-9-8(6-7)13-11(15)10(16-9)4-5-14/h2-3,6,10,12,14H,4-5H2,1H3,(H,13,15). The minimum Gasteiger partial charge on any atom is -0.478 e. The molecule has 86 valence electrons. The average Bonchev–Trinajstić information content (AvgIpc) is 2.30. The van der Waals surface area contributed by atoms with Gasteiger partial charge in [-0.05, 0) is 18.2 Å². The minimum atomic E-state index is -0.599. The first-order valence-corrected chi connectivity index (χ1v) is 5.15. The maximum Gasteiger partial charge on any atom is 0.265 e. The Morgan fingerprint density at radius 2 is 2.38 bits per heavy atom. The van der Waals surface area contributed by atoms with E-state index in [1.54, 1.807) is 6.07 Å². The van der Waals surface area contributed by atoms with Gasteiger partial charge in [-0.15, -0.1) is 0 Å². The van der Waals surface area contributed by atoms with Crippen molar-refractivity contribution in [2.75, 3.05) is 24.3 Å². The Morgan fingerprint density at radius 3 is 3.06 bits per heavy atom. The van der Waals surface area contributed by atoms with Crippen LogP contribution in [0.5, 0.6) is 5.75 Å². The number of rotatable bonds is 3. The van der Waals surface area contributed by atoms with Gasteiger partial charge in [0.15, 0.2) is 6.10 Å². The number of amides is 1. The monoisotopic (exact) mass is 222 g/mol. The summed E-state index contributed by atoms with van der Waals surface area (Å²) in [6, 6.07) is 5.47. The summed E-state index contributed by atoms with van der Waals surface area (Å²) < 4.78 is 5.48. The van der Waals surface area contributed by atoms with Gasteiger partial charge in [-0.2, -0.15) is 0 Å². The SMILES string of the molecule is CNc1ccc2c(c1)NC(=O)C(CCO)O2. The van der Waals surface area contributed by atoms with Gasteiger partial charge in [0, 0.05) is 25.8 Å². The van der Waals surface area contributed by atoms with Gasteiger partial charge >= 0.3 is 0 Å². The molecule has 1 amide bonds. The van der Waals surface area contributed by atoms with Crippen LogP contribution >= 0.6 is 0 Å². The normalized spacial score (nSPS) is 18.4. The highest BCUT2D eigenvalue weighted by Gasteiger charge is 2.26. The summed E-state index contributed by atoms with van der Waals surface area (Å²) in [7, 11) is 1.81. The molecule has 0 bridgehead atoms. The van der Waals surface area contributed by atoms with Gasteiger partial charge in [0.05, 0.1) is 5.69 Å². The van der Waals surface area contributed by atoms with Crippen LogP contribution in [0.3, 0.4) is 0 Å². The first-order valence-electron chi connectivity index (χ1n) is 5.15. The van der Waals surface area contributed by atoms with Crippen LogP contribution in [0.1, 0.15) is 6.42 Å². The fourth-order valence-corrected chi connectivity index (χ4v) is 1.61. The van der Waals surface area contributed by atoms with Crippen LogP contribution < -0.4 is 15.4 Å². The van der Waals surface area contributed by atoms with Gasteiger partial charge in [0.1, 0.15) is 5.75 Å². The number of hydrogen-bond donors (Lipinski definition) is 3. The van der Waals surface area contributed by atoms with E-state index in [9.17, 15) is 4.79 Å². The largest absolute Gasteiger partial charge is 0.478 e. The number of benzene rings is 1. The van der Waals surface area contributed by atoms with Crippen LogP contribution in [0.2, 0.25) is 0 Å². The molecule has 1 aliphatic rings. The second-order valence-electron chi connectivity index (χ2n) is 3.57. The summed E-state index contributed by atoms with van der Waals surface area (Å²) in [6.07, 6.45) is -0.295.